The first-order valence-electron chi connectivity index (χ1n) is 11.9. The lowest BCUT2D eigenvalue weighted by atomic mass is 9.68. The number of phenols is 1. The van der Waals surface area contributed by atoms with Crippen LogP contribution in [0.5, 0.6) is 5.75 Å². The first-order valence-corrected chi connectivity index (χ1v) is 11.9. The first-order chi connectivity index (χ1) is 17.0. The Morgan fingerprint density at radius 1 is 1.22 bits per heavy atom. The third-order valence-corrected chi connectivity index (χ3v) is 7.64. The Morgan fingerprint density at radius 3 is 2.67 bits per heavy atom. The summed E-state index contributed by atoms with van der Waals surface area (Å²) in [7, 11) is 3.09. The molecule has 4 atom stereocenters. The summed E-state index contributed by atoms with van der Waals surface area (Å²) < 4.78 is 30.3. The zero-order chi connectivity index (χ0) is 25.8. The SMILES string of the molecule is CN(c1cnc(-c2ccc(-c3cc(F)n(C)c(=O)n3)cc2O)nn1)[C@@H]1C[C@@]2(C)CCC[C@](C)(N2)[C@@H]1F. The largest absolute Gasteiger partial charge is 0.507 e. The molecule has 2 bridgehead atoms. The number of rotatable bonds is 4. The van der Waals surface area contributed by atoms with Gasteiger partial charge in [-0.05, 0) is 51.7 Å². The van der Waals surface area contributed by atoms with Crippen molar-refractivity contribution in [2.75, 3.05) is 11.9 Å². The molecule has 2 fully saturated rings. The van der Waals surface area contributed by atoms with E-state index in [-0.39, 0.29) is 28.8 Å². The summed E-state index contributed by atoms with van der Waals surface area (Å²) in [6.45, 7) is 4.10. The lowest BCUT2D eigenvalue weighted by Gasteiger charge is -2.56. The van der Waals surface area contributed by atoms with Crippen molar-refractivity contribution in [3.63, 3.8) is 0 Å². The highest BCUT2D eigenvalue weighted by molar-refractivity contribution is 5.71. The van der Waals surface area contributed by atoms with E-state index in [9.17, 15) is 14.3 Å². The third-order valence-electron chi connectivity index (χ3n) is 7.64. The number of aromatic hydroxyl groups is 1. The van der Waals surface area contributed by atoms with Gasteiger partial charge >= 0.3 is 5.69 Å². The van der Waals surface area contributed by atoms with Crippen molar-refractivity contribution in [2.24, 2.45) is 7.05 Å². The lowest BCUT2D eigenvalue weighted by molar-refractivity contribution is 0.00193. The predicted molar refractivity (Wildman–Crippen MR) is 131 cm³/mol. The summed E-state index contributed by atoms with van der Waals surface area (Å²) in [5, 5.41) is 22.6. The highest BCUT2D eigenvalue weighted by Crippen LogP contribution is 2.43. The molecule has 0 amide bonds. The van der Waals surface area contributed by atoms with E-state index in [1.54, 1.807) is 24.1 Å². The number of anilines is 1. The Hall–Kier alpha value is -3.47. The minimum Gasteiger partial charge on any atom is -0.507 e. The third kappa shape index (κ3) is 4.11. The van der Waals surface area contributed by atoms with E-state index in [1.165, 1.54) is 19.3 Å². The van der Waals surface area contributed by atoms with Crippen LogP contribution >= 0.6 is 0 Å². The van der Waals surface area contributed by atoms with Gasteiger partial charge in [-0.25, -0.2) is 14.2 Å². The fourth-order valence-electron chi connectivity index (χ4n) is 5.61. The molecule has 5 rings (SSSR count). The maximum atomic E-state index is 15.6. The van der Waals surface area contributed by atoms with E-state index in [4.69, 9.17) is 0 Å². The van der Waals surface area contributed by atoms with Gasteiger partial charge in [0.1, 0.15) is 11.9 Å². The van der Waals surface area contributed by atoms with Gasteiger partial charge in [0.25, 0.3) is 0 Å². The average Bonchev–Trinajstić information content (AvgIpc) is 2.84. The molecule has 190 valence electrons. The Balaban J connectivity index is 1.38. The molecule has 11 heteroatoms. The summed E-state index contributed by atoms with van der Waals surface area (Å²) in [4.78, 5) is 21.8. The second kappa shape index (κ2) is 8.58. The van der Waals surface area contributed by atoms with E-state index >= 15 is 4.39 Å². The molecule has 2 aliphatic heterocycles. The molecular formula is C25H29F2N7O2. The molecule has 0 aliphatic carbocycles. The fraction of sp³-hybridized carbons (Fsp3) is 0.480. The Labute approximate surface area is 207 Å². The number of nitrogens with one attached hydrogen (secondary N) is 1. The van der Waals surface area contributed by atoms with Gasteiger partial charge in [0.15, 0.2) is 17.6 Å². The molecule has 0 spiro atoms. The molecule has 2 N–H and O–H groups in total. The fourth-order valence-corrected chi connectivity index (χ4v) is 5.61. The number of piperidine rings is 2. The van der Waals surface area contributed by atoms with Crippen molar-refractivity contribution in [3.05, 3.63) is 46.9 Å². The van der Waals surface area contributed by atoms with Gasteiger partial charge in [0, 0.05) is 36.8 Å². The molecule has 36 heavy (non-hydrogen) atoms. The van der Waals surface area contributed by atoms with Gasteiger partial charge in [-0.1, -0.05) is 6.07 Å². The topological polar surface area (TPSA) is 109 Å². The zero-order valence-electron chi connectivity index (χ0n) is 20.7. The van der Waals surface area contributed by atoms with Crippen LogP contribution in [-0.4, -0.2) is 60.2 Å². The molecule has 0 radical (unpaired) electrons. The molecule has 2 saturated heterocycles. The zero-order valence-corrected chi connectivity index (χ0v) is 20.7. The number of alkyl halides is 1. The summed E-state index contributed by atoms with van der Waals surface area (Å²) >= 11 is 0. The van der Waals surface area contributed by atoms with Crippen LogP contribution < -0.4 is 15.9 Å². The molecule has 2 aromatic heterocycles. The molecule has 9 nitrogen and oxygen atoms in total. The number of hydrogen-bond acceptors (Lipinski definition) is 8. The second-order valence-electron chi connectivity index (χ2n) is 10.4. The van der Waals surface area contributed by atoms with Crippen LogP contribution in [0.3, 0.4) is 0 Å². The first kappa shape index (κ1) is 24.2. The monoisotopic (exact) mass is 497 g/mol. The second-order valence-corrected chi connectivity index (χ2v) is 10.4. The number of aromatic nitrogens is 5. The normalized spacial score (nSPS) is 27.6. The van der Waals surface area contributed by atoms with E-state index in [1.807, 2.05) is 6.92 Å². The molecule has 0 saturated carbocycles. The quantitative estimate of drug-likeness (QED) is 0.530. The van der Waals surface area contributed by atoms with Crippen LogP contribution in [0.4, 0.5) is 14.6 Å². The van der Waals surface area contributed by atoms with Gasteiger partial charge in [-0.15, -0.1) is 10.2 Å². The van der Waals surface area contributed by atoms with E-state index in [0.717, 1.165) is 29.9 Å². The number of halogens is 2. The Kier molecular flexibility index (Phi) is 5.77. The highest BCUT2D eigenvalue weighted by Gasteiger charge is 2.53. The number of hydrogen-bond donors (Lipinski definition) is 2. The van der Waals surface area contributed by atoms with Crippen molar-refractivity contribution >= 4 is 5.82 Å². The summed E-state index contributed by atoms with van der Waals surface area (Å²) in [5.74, 6) is -0.294. The summed E-state index contributed by atoms with van der Waals surface area (Å²) in [6.07, 6.45) is 3.86. The molecule has 2 aliphatic rings. The standard InChI is InChI=1S/C25H29F2N7O2/c1-24-8-5-9-25(2,32-24)21(27)17(12-24)33(3)20-13-28-22(31-30-20)15-7-6-14(10-18(15)35)16-11-19(26)34(4)23(36)29-16/h6-7,10-11,13,17,21,32,35H,5,8-9,12H2,1-4H3/t17-,21-,24-,25+/m1/s1. The van der Waals surface area contributed by atoms with Crippen molar-refractivity contribution in [3.8, 4) is 28.4 Å². The number of phenolic OH excluding ortho intramolecular Hbond substituents is 1. The molecular weight excluding hydrogens is 468 g/mol. The van der Waals surface area contributed by atoms with Gasteiger partial charge in [-0.2, -0.15) is 9.37 Å². The van der Waals surface area contributed by atoms with Crippen molar-refractivity contribution in [1.82, 2.24) is 30.0 Å². The molecule has 1 aromatic carbocycles. The van der Waals surface area contributed by atoms with E-state index in [2.05, 4.69) is 32.4 Å². The number of benzene rings is 1. The lowest BCUT2D eigenvalue weighted by Crippen LogP contribution is -2.72. The Morgan fingerprint density at radius 2 is 2.00 bits per heavy atom. The van der Waals surface area contributed by atoms with Crippen LogP contribution in [0.2, 0.25) is 0 Å². The van der Waals surface area contributed by atoms with Gasteiger partial charge in [0.2, 0.25) is 0 Å². The Bertz CT molecular complexity index is 1370. The highest BCUT2D eigenvalue weighted by atomic mass is 19.1. The van der Waals surface area contributed by atoms with Crippen LogP contribution in [0.15, 0.2) is 35.3 Å². The number of nitrogens with zero attached hydrogens (tertiary/aromatic N) is 6. The van der Waals surface area contributed by atoms with Crippen LogP contribution in [0.25, 0.3) is 22.6 Å². The van der Waals surface area contributed by atoms with Crippen molar-refractivity contribution in [1.29, 1.82) is 0 Å². The van der Waals surface area contributed by atoms with Crippen LogP contribution in [-0.2, 0) is 7.05 Å². The van der Waals surface area contributed by atoms with Gasteiger partial charge in [0.05, 0.1) is 23.5 Å². The predicted octanol–water partition coefficient (Wildman–Crippen LogP) is 2.98. The van der Waals surface area contributed by atoms with Gasteiger partial charge < -0.3 is 15.3 Å². The minimum atomic E-state index is -1.08. The average molecular weight is 498 g/mol. The van der Waals surface area contributed by atoms with Crippen molar-refractivity contribution in [2.45, 2.75) is 62.8 Å². The minimum absolute atomic E-state index is 0.100. The van der Waals surface area contributed by atoms with Crippen LogP contribution in [0.1, 0.15) is 39.5 Å². The molecule has 0 unspecified atom stereocenters. The van der Waals surface area contributed by atoms with Gasteiger partial charge in [-0.3, -0.25) is 4.57 Å². The summed E-state index contributed by atoms with van der Waals surface area (Å²) in [5.41, 5.74) is -0.683. The van der Waals surface area contributed by atoms with Crippen LogP contribution in [0, 0.1) is 5.95 Å². The maximum Gasteiger partial charge on any atom is 0.350 e. The molecule has 4 heterocycles. The maximum absolute atomic E-state index is 15.6. The van der Waals surface area contributed by atoms with Crippen molar-refractivity contribution < 1.29 is 13.9 Å². The number of fused-ring (bicyclic) bond motifs is 2. The smallest absolute Gasteiger partial charge is 0.350 e. The molecule has 3 aromatic rings. The summed E-state index contributed by atoms with van der Waals surface area (Å²) in [6, 6.07) is 5.25. The van der Waals surface area contributed by atoms with E-state index in [0.29, 0.717) is 23.4 Å². The van der Waals surface area contributed by atoms with E-state index < -0.39 is 23.3 Å².